The van der Waals surface area contributed by atoms with Crippen molar-refractivity contribution in [2.45, 2.75) is 38.6 Å². The van der Waals surface area contributed by atoms with Gasteiger partial charge in [0.1, 0.15) is 0 Å². The van der Waals surface area contributed by atoms with Crippen LogP contribution in [0.4, 0.5) is 5.13 Å². The summed E-state index contributed by atoms with van der Waals surface area (Å²) in [5.41, 5.74) is 0. The molecule has 1 heterocycles. The average Bonchev–Trinajstić information content (AvgIpc) is 2.82. The van der Waals surface area contributed by atoms with E-state index in [0.717, 1.165) is 23.0 Å². The Morgan fingerprint density at radius 3 is 2.93 bits per heavy atom. The first kappa shape index (κ1) is 8.72. The summed E-state index contributed by atoms with van der Waals surface area (Å²) in [5.74, 6) is 1.95. The lowest BCUT2D eigenvalue weighted by molar-refractivity contribution is 0.439. The maximum atomic E-state index is 4.37. The van der Waals surface area contributed by atoms with Crippen LogP contribution < -0.4 is 5.32 Å². The molecule has 0 radical (unpaired) electrons. The zero-order chi connectivity index (χ0) is 9.54. The van der Waals surface area contributed by atoms with Crippen molar-refractivity contribution in [3.05, 3.63) is 11.1 Å². The van der Waals surface area contributed by atoms with Crippen LogP contribution >= 0.6 is 11.3 Å². The number of hydrogen-bond donors (Lipinski definition) is 1. The Hall–Kier alpha value is -0.570. The first-order valence-electron chi connectivity index (χ1n) is 5.50. The second kappa shape index (κ2) is 3.23. The Morgan fingerprint density at radius 1 is 1.43 bits per heavy atom. The third-order valence-electron chi connectivity index (χ3n) is 3.67. The highest BCUT2D eigenvalue weighted by atomic mass is 32.1. The zero-order valence-corrected chi connectivity index (χ0v) is 9.31. The van der Waals surface area contributed by atoms with Crippen LogP contribution in [0.5, 0.6) is 0 Å². The van der Waals surface area contributed by atoms with Gasteiger partial charge in [-0.3, -0.25) is 0 Å². The molecule has 2 aliphatic rings. The fraction of sp³-hybridized carbons (Fsp3) is 0.727. The maximum Gasteiger partial charge on any atom is 0.183 e. The third kappa shape index (κ3) is 1.44. The zero-order valence-electron chi connectivity index (χ0n) is 8.49. The number of fused-ring (bicyclic) bond motifs is 2. The summed E-state index contributed by atoms with van der Waals surface area (Å²) >= 11 is 1.78. The Balaban J connectivity index is 1.68. The molecular formula is C11H16N2S. The topological polar surface area (TPSA) is 24.9 Å². The van der Waals surface area contributed by atoms with Crippen LogP contribution in [0.1, 0.15) is 30.6 Å². The van der Waals surface area contributed by atoms with Crippen LogP contribution in [0.15, 0.2) is 6.20 Å². The molecule has 1 aromatic rings. The van der Waals surface area contributed by atoms with Gasteiger partial charge in [0.2, 0.25) is 0 Å². The molecule has 2 saturated carbocycles. The molecule has 0 saturated heterocycles. The second-order valence-corrected chi connectivity index (χ2v) is 5.94. The van der Waals surface area contributed by atoms with E-state index in [1.165, 1.54) is 30.6 Å². The molecule has 2 fully saturated rings. The molecule has 2 nitrogen and oxygen atoms in total. The van der Waals surface area contributed by atoms with E-state index in [2.05, 4.69) is 17.2 Å². The number of rotatable bonds is 2. The van der Waals surface area contributed by atoms with Crippen LogP contribution in [0, 0.1) is 18.8 Å². The van der Waals surface area contributed by atoms with Gasteiger partial charge in [-0.25, -0.2) is 4.98 Å². The molecule has 2 bridgehead atoms. The van der Waals surface area contributed by atoms with Crippen LogP contribution in [0.3, 0.4) is 0 Å². The smallest absolute Gasteiger partial charge is 0.183 e. The minimum atomic E-state index is 0.722. The van der Waals surface area contributed by atoms with Gasteiger partial charge in [0.25, 0.3) is 0 Å². The van der Waals surface area contributed by atoms with E-state index >= 15 is 0 Å². The first-order chi connectivity index (χ1) is 6.81. The Labute approximate surface area is 88.7 Å². The minimum absolute atomic E-state index is 0.722. The molecule has 1 N–H and O–H groups in total. The van der Waals surface area contributed by atoms with Gasteiger partial charge in [0, 0.05) is 17.1 Å². The lowest BCUT2D eigenvalue weighted by Crippen LogP contribution is -2.25. The summed E-state index contributed by atoms with van der Waals surface area (Å²) < 4.78 is 0. The normalized spacial score (nSPS) is 35.1. The molecule has 14 heavy (non-hydrogen) atoms. The first-order valence-corrected chi connectivity index (χ1v) is 6.32. The average molecular weight is 208 g/mol. The van der Waals surface area contributed by atoms with Crippen molar-refractivity contribution in [1.82, 2.24) is 4.98 Å². The van der Waals surface area contributed by atoms with Crippen molar-refractivity contribution < 1.29 is 0 Å². The predicted octanol–water partition coefficient (Wildman–Crippen LogP) is 3.05. The van der Waals surface area contributed by atoms with Gasteiger partial charge in [-0.1, -0.05) is 6.42 Å². The number of nitrogens with one attached hydrogen (secondary N) is 1. The van der Waals surface area contributed by atoms with Crippen LogP contribution in [0.25, 0.3) is 0 Å². The number of hydrogen-bond acceptors (Lipinski definition) is 3. The molecule has 0 aliphatic heterocycles. The predicted molar refractivity (Wildman–Crippen MR) is 59.7 cm³/mol. The van der Waals surface area contributed by atoms with Gasteiger partial charge < -0.3 is 5.32 Å². The van der Waals surface area contributed by atoms with Crippen molar-refractivity contribution in [1.29, 1.82) is 0 Å². The van der Waals surface area contributed by atoms with Gasteiger partial charge in [-0.15, -0.1) is 11.3 Å². The van der Waals surface area contributed by atoms with Crippen molar-refractivity contribution >= 4 is 16.5 Å². The molecule has 1 aromatic heterocycles. The summed E-state index contributed by atoms with van der Waals surface area (Å²) in [5, 5.41) is 4.73. The molecule has 0 aromatic carbocycles. The minimum Gasteiger partial charge on any atom is -0.358 e. The number of anilines is 1. The van der Waals surface area contributed by atoms with Crippen LogP contribution in [-0.2, 0) is 0 Å². The summed E-state index contributed by atoms with van der Waals surface area (Å²) in [4.78, 5) is 5.67. The largest absolute Gasteiger partial charge is 0.358 e. The number of nitrogens with zero attached hydrogens (tertiary/aromatic N) is 1. The molecule has 2 unspecified atom stereocenters. The summed E-state index contributed by atoms with van der Waals surface area (Å²) in [6.07, 6.45) is 7.71. The molecule has 0 amide bonds. The van der Waals surface area contributed by atoms with Gasteiger partial charge in [-0.05, 0) is 38.0 Å². The van der Waals surface area contributed by atoms with E-state index in [4.69, 9.17) is 0 Å². The van der Waals surface area contributed by atoms with E-state index in [0.29, 0.717) is 0 Å². The van der Waals surface area contributed by atoms with E-state index in [1.807, 2.05) is 6.20 Å². The fourth-order valence-corrected chi connectivity index (χ4v) is 3.73. The van der Waals surface area contributed by atoms with E-state index in [9.17, 15) is 0 Å². The Kier molecular flexibility index (Phi) is 2.01. The molecular weight excluding hydrogens is 192 g/mol. The molecule has 0 spiro atoms. The monoisotopic (exact) mass is 208 g/mol. The molecule has 76 valence electrons. The van der Waals surface area contributed by atoms with Crippen molar-refractivity contribution in [2.75, 3.05) is 5.32 Å². The lowest BCUT2D eigenvalue weighted by Gasteiger charge is -2.22. The van der Waals surface area contributed by atoms with E-state index < -0.39 is 0 Å². The highest BCUT2D eigenvalue weighted by molar-refractivity contribution is 7.15. The summed E-state index contributed by atoms with van der Waals surface area (Å²) in [6.45, 7) is 2.11. The highest BCUT2D eigenvalue weighted by Gasteiger charge is 2.39. The summed E-state index contributed by atoms with van der Waals surface area (Å²) in [7, 11) is 0. The molecule has 2 aliphatic carbocycles. The van der Waals surface area contributed by atoms with E-state index in [-0.39, 0.29) is 0 Å². The van der Waals surface area contributed by atoms with E-state index in [1.54, 1.807) is 11.3 Å². The fourth-order valence-electron chi connectivity index (χ4n) is 3.00. The maximum absolute atomic E-state index is 4.37. The van der Waals surface area contributed by atoms with Gasteiger partial charge in [-0.2, -0.15) is 0 Å². The molecule has 3 rings (SSSR count). The standard InChI is InChI=1S/C11H16N2S/c1-7-6-12-11(14-7)13-10-5-8-2-3-9(10)4-8/h6,8-10H,2-5H2,1H3,(H,12,13)/t8?,9?,10-/m0/s1. The van der Waals surface area contributed by atoms with Crippen LogP contribution in [0.2, 0.25) is 0 Å². The third-order valence-corrected chi connectivity index (χ3v) is 4.51. The Morgan fingerprint density at radius 2 is 2.36 bits per heavy atom. The van der Waals surface area contributed by atoms with Crippen molar-refractivity contribution in [3.63, 3.8) is 0 Å². The van der Waals surface area contributed by atoms with Crippen molar-refractivity contribution in [3.8, 4) is 0 Å². The SMILES string of the molecule is Cc1cnc(N[C@H]2CC3CCC2C3)s1. The van der Waals surface area contributed by atoms with Crippen molar-refractivity contribution in [2.24, 2.45) is 11.8 Å². The van der Waals surface area contributed by atoms with Gasteiger partial charge >= 0.3 is 0 Å². The molecule has 3 atom stereocenters. The quantitative estimate of drug-likeness (QED) is 0.808. The second-order valence-electron chi connectivity index (χ2n) is 4.70. The Bertz CT molecular complexity index is 334. The van der Waals surface area contributed by atoms with Crippen LogP contribution in [-0.4, -0.2) is 11.0 Å². The highest BCUT2D eigenvalue weighted by Crippen LogP contribution is 2.45. The van der Waals surface area contributed by atoms with Gasteiger partial charge in [0.05, 0.1) is 0 Å². The van der Waals surface area contributed by atoms with Gasteiger partial charge in [0.15, 0.2) is 5.13 Å². The molecule has 3 heteroatoms. The number of aromatic nitrogens is 1. The number of thiazole rings is 1. The number of aryl methyl sites for hydroxylation is 1. The summed E-state index contributed by atoms with van der Waals surface area (Å²) in [6, 6.07) is 0.722. The lowest BCUT2D eigenvalue weighted by atomic mass is 9.96.